The highest BCUT2D eigenvalue weighted by Crippen LogP contribution is 2.33. The maximum atomic E-state index is 11.4. The van der Waals surface area contributed by atoms with Crippen LogP contribution in [0.2, 0.25) is 0 Å². The fraction of sp³-hybridized carbons (Fsp3) is 0.722. The largest absolute Gasteiger partial charge is 0.343 e. The number of fused-ring (bicyclic) bond motifs is 2. The molecule has 4 rings (SSSR count). The Labute approximate surface area is 143 Å². The molecule has 0 aromatic carbocycles. The minimum absolute atomic E-state index is 0.186. The molecule has 130 valence electrons. The first kappa shape index (κ1) is 15.8. The summed E-state index contributed by atoms with van der Waals surface area (Å²) < 4.78 is 0. The van der Waals surface area contributed by atoms with Crippen molar-refractivity contribution in [3.8, 4) is 0 Å². The number of amides is 1. The van der Waals surface area contributed by atoms with Crippen LogP contribution < -0.4 is 4.90 Å². The van der Waals surface area contributed by atoms with Gasteiger partial charge in [0.2, 0.25) is 11.9 Å². The second-order valence-corrected chi connectivity index (χ2v) is 7.61. The number of rotatable bonds is 2. The summed E-state index contributed by atoms with van der Waals surface area (Å²) >= 11 is 0. The SMILES string of the molecule is CC(=O)N1CCC(c2cnc(N3C4CCC3CN(C)C4)nc2)CC1. The van der Waals surface area contributed by atoms with E-state index in [1.165, 1.54) is 18.4 Å². The smallest absolute Gasteiger partial charge is 0.225 e. The van der Waals surface area contributed by atoms with E-state index in [0.29, 0.717) is 18.0 Å². The molecule has 2 bridgehead atoms. The quantitative estimate of drug-likeness (QED) is 0.823. The predicted molar refractivity (Wildman–Crippen MR) is 93.0 cm³/mol. The highest BCUT2D eigenvalue weighted by Gasteiger charge is 2.40. The van der Waals surface area contributed by atoms with Gasteiger partial charge in [-0.3, -0.25) is 4.79 Å². The van der Waals surface area contributed by atoms with Crippen LogP contribution in [-0.4, -0.2) is 71.0 Å². The first-order chi connectivity index (χ1) is 11.6. The summed E-state index contributed by atoms with van der Waals surface area (Å²) in [6.07, 6.45) is 8.58. The molecule has 3 fully saturated rings. The molecule has 2 unspecified atom stereocenters. The molecule has 0 N–H and O–H groups in total. The van der Waals surface area contributed by atoms with E-state index in [2.05, 4.69) is 16.8 Å². The highest BCUT2D eigenvalue weighted by molar-refractivity contribution is 5.73. The van der Waals surface area contributed by atoms with Crippen molar-refractivity contribution in [1.82, 2.24) is 19.8 Å². The lowest BCUT2D eigenvalue weighted by Crippen LogP contribution is -2.53. The zero-order valence-electron chi connectivity index (χ0n) is 14.7. The van der Waals surface area contributed by atoms with Crippen LogP contribution in [0.4, 0.5) is 5.95 Å². The number of anilines is 1. The minimum atomic E-state index is 0.186. The van der Waals surface area contributed by atoms with E-state index in [9.17, 15) is 4.79 Å². The number of carbonyl (C=O) groups excluding carboxylic acids is 1. The Hall–Kier alpha value is -1.69. The maximum Gasteiger partial charge on any atom is 0.225 e. The number of likely N-dealkylation sites (tertiary alicyclic amines) is 2. The van der Waals surface area contributed by atoms with Crippen LogP contribution in [0.5, 0.6) is 0 Å². The van der Waals surface area contributed by atoms with Gasteiger partial charge in [0.1, 0.15) is 0 Å². The second kappa shape index (κ2) is 6.31. The van der Waals surface area contributed by atoms with E-state index < -0.39 is 0 Å². The molecule has 3 saturated heterocycles. The molecule has 4 heterocycles. The summed E-state index contributed by atoms with van der Waals surface area (Å²) in [6.45, 7) is 5.59. The zero-order chi connectivity index (χ0) is 16.7. The van der Waals surface area contributed by atoms with E-state index in [4.69, 9.17) is 9.97 Å². The summed E-state index contributed by atoms with van der Waals surface area (Å²) in [5.74, 6) is 1.57. The van der Waals surface area contributed by atoms with Gasteiger partial charge in [-0.1, -0.05) is 0 Å². The number of piperidine rings is 1. The van der Waals surface area contributed by atoms with Crippen molar-refractivity contribution in [2.45, 2.75) is 50.6 Å². The Morgan fingerprint density at radius 3 is 2.17 bits per heavy atom. The van der Waals surface area contributed by atoms with Crippen LogP contribution in [0.1, 0.15) is 44.1 Å². The lowest BCUT2D eigenvalue weighted by Gasteiger charge is -2.39. The summed E-state index contributed by atoms with van der Waals surface area (Å²) in [6, 6.07) is 1.14. The lowest BCUT2D eigenvalue weighted by molar-refractivity contribution is -0.129. The number of hydrogen-bond acceptors (Lipinski definition) is 5. The van der Waals surface area contributed by atoms with Gasteiger partial charge in [-0.15, -0.1) is 0 Å². The molecule has 0 saturated carbocycles. The Morgan fingerprint density at radius 2 is 1.62 bits per heavy atom. The van der Waals surface area contributed by atoms with Crippen LogP contribution in [0, 0.1) is 0 Å². The van der Waals surface area contributed by atoms with E-state index in [1.807, 2.05) is 17.3 Å². The molecule has 0 aliphatic carbocycles. The van der Waals surface area contributed by atoms with Gasteiger partial charge in [0.15, 0.2) is 0 Å². The Morgan fingerprint density at radius 1 is 1.04 bits per heavy atom. The molecule has 1 amide bonds. The summed E-state index contributed by atoms with van der Waals surface area (Å²) in [7, 11) is 2.21. The van der Waals surface area contributed by atoms with E-state index in [0.717, 1.165) is 45.0 Å². The molecule has 0 spiro atoms. The fourth-order valence-electron chi connectivity index (χ4n) is 4.64. The minimum Gasteiger partial charge on any atom is -0.343 e. The van der Waals surface area contributed by atoms with Crippen LogP contribution in [0.3, 0.4) is 0 Å². The molecule has 3 aliphatic rings. The molecule has 0 radical (unpaired) electrons. The summed E-state index contributed by atoms with van der Waals surface area (Å²) in [5, 5.41) is 0. The zero-order valence-corrected chi connectivity index (χ0v) is 14.7. The number of carbonyl (C=O) groups is 1. The van der Waals surface area contributed by atoms with Gasteiger partial charge in [0.05, 0.1) is 0 Å². The monoisotopic (exact) mass is 329 g/mol. The number of hydrogen-bond donors (Lipinski definition) is 0. The van der Waals surface area contributed by atoms with Gasteiger partial charge >= 0.3 is 0 Å². The Bertz CT molecular complexity index is 582. The lowest BCUT2D eigenvalue weighted by atomic mass is 9.91. The third-order valence-corrected chi connectivity index (χ3v) is 5.97. The fourth-order valence-corrected chi connectivity index (χ4v) is 4.64. The van der Waals surface area contributed by atoms with Gasteiger partial charge in [0, 0.05) is 57.6 Å². The topological polar surface area (TPSA) is 52.6 Å². The van der Waals surface area contributed by atoms with Crippen molar-refractivity contribution in [2.75, 3.05) is 38.1 Å². The van der Waals surface area contributed by atoms with Crippen molar-refractivity contribution in [3.05, 3.63) is 18.0 Å². The van der Waals surface area contributed by atoms with Crippen molar-refractivity contribution in [2.24, 2.45) is 0 Å². The number of aromatic nitrogens is 2. The number of nitrogens with zero attached hydrogens (tertiary/aromatic N) is 5. The van der Waals surface area contributed by atoms with Crippen LogP contribution in [-0.2, 0) is 4.79 Å². The third kappa shape index (κ3) is 2.88. The van der Waals surface area contributed by atoms with E-state index in [-0.39, 0.29) is 5.91 Å². The molecule has 3 aliphatic heterocycles. The number of likely N-dealkylation sites (N-methyl/N-ethyl adjacent to an activating group) is 1. The van der Waals surface area contributed by atoms with Crippen molar-refractivity contribution in [1.29, 1.82) is 0 Å². The van der Waals surface area contributed by atoms with Gasteiger partial charge in [-0.05, 0) is 44.2 Å². The van der Waals surface area contributed by atoms with Crippen molar-refractivity contribution in [3.63, 3.8) is 0 Å². The normalized spacial score (nSPS) is 28.4. The average Bonchev–Trinajstić information content (AvgIpc) is 2.86. The third-order valence-electron chi connectivity index (χ3n) is 5.97. The highest BCUT2D eigenvalue weighted by atomic mass is 16.2. The van der Waals surface area contributed by atoms with Crippen molar-refractivity contribution < 1.29 is 4.79 Å². The molecule has 6 heteroatoms. The van der Waals surface area contributed by atoms with Gasteiger partial charge in [-0.2, -0.15) is 0 Å². The maximum absolute atomic E-state index is 11.4. The van der Waals surface area contributed by atoms with Gasteiger partial charge < -0.3 is 14.7 Å². The van der Waals surface area contributed by atoms with Gasteiger partial charge in [-0.25, -0.2) is 9.97 Å². The van der Waals surface area contributed by atoms with E-state index >= 15 is 0 Å². The molecule has 2 atom stereocenters. The molecule has 24 heavy (non-hydrogen) atoms. The first-order valence-electron chi connectivity index (χ1n) is 9.16. The molecule has 1 aromatic rings. The standard InChI is InChI=1S/C18H27N5O/c1-13(24)22-7-5-14(6-8-22)15-9-19-18(20-10-15)23-16-3-4-17(23)12-21(2)11-16/h9-10,14,16-17H,3-8,11-12H2,1-2H3. The van der Waals surface area contributed by atoms with Crippen LogP contribution in [0.15, 0.2) is 12.4 Å². The van der Waals surface area contributed by atoms with Crippen LogP contribution >= 0.6 is 0 Å². The van der Waals surface area contributed by atoms with Crippen molar-refractivity contribution >= 4 is 11.9 Å². The Kier molecular flexibility index (Phi) is 4.16. The average molecular weight is 329 g/mol. The molecular formula is C18H27N5O. The van der Waals surface area contributed by atoms with Gasteiger partial charge in [0.25, 0.3) is 0 Å². The molecule has 1 aromatic heterocycles. The Balaban J connectivity index is 1.43. The number of piperazine rings is 1. The summed E-state index contributed by atoms with van der Waals surface area (Å²) in [5.41, 5.74) is 1.23. The predicted octanol–water partition coefficient (Wildman–Crippen LogP) is 1.49. The first-order valence-corrected chi connectivity index (χ1v) is 9.16. The second-order valence-electron chi connectivity index (χ2n) is 7.61. The molecular weight excluding hydrogens is 302 g/mol. The van der Waals surface area contributed by atoms with Crippen LogP contribution in [0.25, 0.3) is 0 Å². The summed E-state index contributed by atoms with van der Waals surface area (Å²) in [4.78, 5) is 27.7. The van der Waals surface area contributed by atoms with E-state index in [1.54, 1.807) is 6.92 Å². The molecule has 6 nitrogen and oxygen atoms in total.